The SMILES string of the molecule is CC(C(=O)Nc1ccc(N2CCCC2)cc1)N(c1cccc(C(F)(F)F)c1)S(C)(=O)=O. The standard InChI is InChI=1S/C21H24F3N3O3S/c1-15(20(28)25-17-8-10-18(11-9-17)26-12-3-4-13-26)27(31(2,29)30)19-7-5-6-16(14-19)21(22,23)24/h5-11,14-15H,3-4,12-13H2,1-2H3,(H,25,28). The van der Waals surface area contributed by atoms with Crippen molar-refractivity contribution in [1.29, 1.82) is 0 Å². The van der Waals surface area contributed by atoms with Gasteiger partial charge in [-0.1, -0.05) is 6.07 Å². The maximum Gasteiger partial charge on any atom is 0.416 e. The lowest BCUT2D eigenvalue weighted by Gasteiger charge is -2.28. The van der Waals surface area contributed by atoms with Crippen molar-refractivity contribution < 1.29 is 26.4 Å². The number of sulfonamides is 1. The Morgan fingerprint density at radius 3 is 2.26 bits per heavy atom. The van der Waals surface area contributed by atoms with Crippen LogP contribution in [-0.4, -0.2) is 39.7 Å². The number of halogens is 3. The smallest absolute Gasteiger partial charge is 0.372 e. The Bertz CT molecular complexity index is 1030. The molecule has 0 aromatic heterocycles. The van der Waals surface area contributed by atoms with E-state index in [1.807, 2.05) is 12.1 Å². The molecular weight excluding hydrogens is 431 g/mol. The van der Waals surface area contributed by atoms with Gasteiger partial charge >= 0.3 is 6.18 Å². The average Bonchev–Trinajstić information content (AvgIpc) is 3.22. The Hall–Kier alpha value is -2.75. The number of amides is 1. The highest BCUT2D eigenvalue weighted by atomic mass is 32.2. The predicted octanol–water partition coefficient (Wildman–Crippen LogP) is 4.10. The van der Waals surface area contributed by atoms with E-state index in [1.54, 1.807) is 12.1 Å². The molecule has 2 aromatic rings. The molecule has 0 aliphatic carbocycles. The molecule has 1 fully saturated rings. The summed E-state index contributed by atoms with van der Waals surface area (Å²) in [6.45, 7) is 3.28. The lowest BCUT2D eigenvalue weighted by molar-refractivity contribution is -0.137. The van der Waals surface area contributed by atoms with Crippen molar-refractivity contribution in [3.05, 3.63) is 54.1 Å². The van der Waals surface area contributed by atoms with E-state index >= 15 is 0 Å². The number of benzene rings is 2. The quantitative estimate of drug-likeness (QED) is 0.712. The first-order valence-electron chi connectivity index (χ1n) is 9.79. The number of carbonyl (C=O) groups is 1. The summed E-state index contributed by atoms with van der Waals surface area (Å²) in [5.41, 5.74) is 0.274. The van der Waals surface area contributed by atoms with Crippen molar-refractivity contribution in [2.75, 3.05) is 33.9 Å². The lowest BCUT2D eigenvalue weighted by atomic mass is 10.1. The number of nitrogens with one attached hydrogen (secondary N) is 1. The molecule has 0 radical (unpaired) electrons. The highest BCUT2D eigenvalue weighted by Crippen LogP contribution is 2.33. The minimum Gasteiger partial charge on any atom is -0.372 e. The number of hydrogen-bond acceptors (Lipinski definition) is 4. The van der Waals surface area contributed by atoms with Gasteiger partial charge in [-0.25, -0.2) is 8.42 Å². The van der Waals surface area contributed by atoms with Crippen molar-refractivity contribution in [2.45, 2.75) is 32.0 Å². The fraction of sp³-hybridized carbons (Fsp3) is 0.381. The Morgan fingerprint density at radius 1 is 1.10 bits per heavy atom. The number of nitrogens with zero attached hydrogens (tertiary/aromatic N) is 2. The zero-order valence-corrected chi connectivity index (χ0v) is 18.0. The fourth-order valence-electron chi connectivity index (χ4n) is 3.61. The molecule has 168 valence electrons. The number of anilines is 3. The van der Waals surface area contributed by atoms with Gasteiger partial charge in [0.25, 0.3) is 0 Å². The van der Waals surface area contributed by atoms with E-state index in [2.05, 4.69) is 10.2 Å². The van der Waals surface area contributed by atoms with Gasteiger partial charge in [-0.15, -0.1) is 0 Å². The van der Waals surface area contributed by atoms with Crippen LogP contribution in [0.3, 0.4) is 0 Å². The van der Waals surface area contributed by atoms with E-state index in [4.69, 9.17) is 0 Å². The highest BCUT2D eigenvalue weighted by Gasteiger charge is 2.34. The van der Waals surface area contributed by atoms with E-state index in [-0.39, 0.29) is 5.69 Å². The van der Waals surface area contributed by atoms with E-state index in [1.165, 1.54) is 13.0 Å². The Morgan fingerprint density at radius 2 is 1.71 bits per heavy atom. The maximum atomic E-state index is 13.1. The first-order chi connectivity index (χ1) is 14.5. The number of alkyl halides is 3. The van der Waals surface area contributed by atoms with Crippen LogP contribution in [0.2, 0.25) is 0 Å². The minimum absolute atomic E-state index is 0.232. The third-order valence-corrected chi connectivity index (χ3v) is 6.36. The highest BCUT2D eigenvalue weighted by molar-refractivity contribution is 7.92. The molecule has 1 aliphatic heterocycles. The Labute approximate surface area is 179 Å². The van der Waals surface area contributed by atoms with Gasteiger partial charge in [-0.2, -0.15) is 13.2 Å². The number of carbonyl (C=O) groups excluding carboxylic acids is 1. The molecular formula is C21H24F3N3O3S. The largest absolute Gasteiger partial charge is 0.416 e. The van der Waals surface area contributed by atoms with Gasteiger partial charge in [-0.3, -0.25) is 9.10 Å². The van der Waals surface area contributed by atoms with Crippen molar-refractivity contribution in [3.63, 3.8) is 0 Å². The maximum absolute atomic E-state index is 13.1. The van der Waals surface area contributed by atoms with Crippen LogP contribution in [-0.2, 0) is 21.0 Å². The van der Waals surface area contributed by atoms with Gasteiger partial charge in [0.05, 0.1) is 17.5 Å². The van der Waals surface area contributed by atoms with E-state index in [0.717, 1.165) is 56.1 Å². The summed E-state index contributed by atoms with van der Waals surface area (Å²) in [6.07, 6.45) is -1.52. The fourth-order valence-corrected chi connectivity index (χ4v) is 4.77. The van der Waals surface area contributed by atoms with Crippen LogP contribution >= 0.6 is 0 Å². The molecule has 1 aliphatic rings. The van der Waals surface area contributed by atoms with Crippen molar-refractivity contribution in [2.24, 2.45) is 0 Å². The molecule has 1 heterocycles. The van der Waals surface area contributed by atoms with Gasteiger partial charge < -0.3 is 10.2 Å². The molecule has 1 saturated heterocycles. The van der Waals surface area contributed by atoms with Crippen LogP contribution in [0.25, 0.3) is 0 Å². The van der Waals surface area contributed by atoms with Crippen molar-refractivity contribution in [3.8, 4) is 0 Å². The molecule has 6 nitrogen and oxygen atoms in total. The molecule has 31 heavy (non-hydrogen) atoms. The summed E-state index contributed by atoms with van der Waals surface area (Å²) in [5, 5.41) is 2.64. The first kappa shape index (κ1) is 22.9. The van der Waals surface area contributed by atoms with Crippen molar-refractivity contribution in [1.82, 2.24) is 0 Å². The second-order valence-electron chi connectivity index (χ2n) is 7.51. The van der Waals surface area contributed by atoms with Gasteiger partial charge in [0, 0.05) is 24.5 Å². The third-order valence-electron chi connectivity index (χ3n) is 5.12. The molecule has 1 unspecified atom stereocenters. The summed E-state index contributed by atoms with van der Waals surface area (Å²) < 4.78 is 64.6. The van der Waals surface area contributed by atoms with Gasteiger partial charge in [0.1, 0.15) is 6.04 Å². The van der Waals surface area contributed by atoms with Crippen molar-refractivity contribution >= 4 is 33.0 Å². The van der Waals surface area contributed by atoms with E-state index in [9.17, 15) is 26.4 Å². The summed E-state index contributed by atoms with van der Waals surface area (Å²) in [4.78, 5) is 15.0. The van der Waals surface area contributed by atoms with Crippen LogP contribution in [0.4, 0.5) is 30.2 Å². The minimum atomic E-state index is -4.64. The van der Waals surface area contributed by atoms with Crippen LogP contribution in [0.1, 0.15) is 25.3 Å². The average molecular weight is 456 g/mol. The first-order valence-corrected chi connectivity index (χ1v) is 11.6. The van der Waals surface area contributed by atoms with Gasteiger partial charge in [-0.05, 0) is 62.2 Å². The zero-order valence-electron chi connectivity index (χ0n) is 17.2. The summed E-state index contributed by atoms with van der Waals surface area (Å²) in [7, 11) is -4.04. The molecule has 1 amide bonds. The van der Waals surface area contributed by atoms with Crippen LogP contribution in [0.5, 0.6) is 0 Å². The van der Waals surface area contributed by atoms with E-state index in [0.29, 0.717) is 9.99 Å². The monoisotopic (exact) mass is 455 g/mol. The molecule has 0 saturated carbocycles. The molecule has 1 N–H and O–H groups in total. The second-order valence-corrected chi connectivity index (χ2v) is 9.37. The molecule has 0 bridgehead atoms. The van der Waals surface area contributed by atoms with Crippen LogP contribution < -0.4 is 14.5 Å². The summed E-state index contributed by atoms with van der Waals surface area (Å²) >= 11 is 0. The Balaban J connectivity index is 1.80. The molecule has 2 aromatic carbocycles. The topological polar surface area (TPSA) is 69.7 Å². The molecule has 3 rings (SSSR count). The lowest BCUT2D eigenvalue weighted by Crippen LogP contribution is -2.45. The molecule has 1 atom stereocenters. The van der Waals surface area contributed by atoms with Gasteiger partial charge in [0.15, 0.2) is 0 Å². The van der Waals surface area contributed by atoms with Crippen LogP contribution in [0.15, 0.2) is 48.5 Å². The second kappa shape index (κ2) is 8.78. The zero-order chi connectivity index (χ0) is 22.8. The van der Waals surface area contributed by atoms with Gasteiger partial charge in [0.2, 0.25) is 15.9 Å². The Kier molecular flexibility index (Phi) is 6.49. The molecule has 0 spiro atoms. The summed E-state index contributed by atoms with van der Waals surface area (Å²) in [6, 6.07) is 9.80. The number of hydrogen-bond donors (Lipinski definition) is 1. The molecule has 10 heteroatoms. The summed E-state index contributed by atoms with van der Waals surface area (Å²) in [5.74, 6) is -0.656. The van der Waals surface area contributed by atoms with Crippen LogP contribution in [0, 0.1) is 0 Å². The third kappa shape index (κ3) is 5.49. The number of rotatable bonds is 6. The predicted molar refractivity (Wildman–Crippen MR) is 115 cm³/mol. The van der Waals surface area contributed by atoms with E-state index < -0.39 is 33.7 Å². The normalized spacial score (nSPS) is 15.6.